The number of aryl methyl sites for hydroxylation is 1. The summed E-state index contributed by atoms with van der Waals surface area (Å²) in [5.41, 5.74) is 4.28. The van der Waals surface area contributed by atoms with E-state index in [9.17, 15) is 0 Å². The van der Waals surface area contributed by atoms with E-state index in [0.717, 1.165) is 22.8 Å². The topological polar surface area (TPSA) is 26.5 Å². The van der Waals surface area contributed by atoms with Crippen LogP contribution in [0.15, 0.2) is 59.6 Å². The largest absolute Gasteiger partial charge is 0.497 e. The number of para-hydroxylation sites is 1. The lowest BCUT2D eigenvalue weighted by atomic mass is 10.2. The van der Waals surface area contributed by atoms with Crippen LogP contribution in [-0.2, 0) is 7.05 Å². The van der Waals surface area contributed by atoms with Crippen molar-refractivity contribution in [3.05, 3.63) is 60.3 Å². The zero-order chi connectivity index (χ0) is 14.8. The Bertz CT molecular complexity index is 798. The van der Waals surface area contributed by atoms with E-state index in [-0.39, 0.29) is 0 Å². The van der Waals surface area contributed by atoms with Crippen molar-refractivity contribution in [2.45, 2.75) is 6.92 Å². The van der Waals surface area contributed by atoms with Gasteiger partial charge in [0.15, 0.2) is 0 Å². The van der Waals surface area contributed by atoms with E-state index in [2.05, 4.69) is 41.9 Å². The molecule has 1 aromatic heterocycles. The number of hydrogen-bond acceptors (Lipinski definition) is 2. The molecule has 2 aromatic carbocycles. The predicted octanol–water partition coefficient (Wildman–Crippen LogP) is 4.33. The van der Waals surface area contributed by atoms with Gasteiger partial charge in [-0.2, -0.15) is 0 Å². The SMILES string of the molecule is COc1ccc(/N=C(\C)c2cc3ccccc3n2C)cc1. The van der Waals surface area contributed by atoms with Crippen molar-refractivity contribution < 1.29 is 4.74 Å². The summed E-state index contributed by atoms with van der Waals surface area (Å²) in [6.45, 7) is 2.04. The van der Waals surface area contributed by atoms with Crippen LogP contribution in [0.1, 0.15) is 12.6 Å². The van der Waals surface area contributed by atoms with E-state index in [1.807, 2.05) is 31.2 Å². The lowest BCUT2D eigenvalue weighted by molar-refractivity contribution is 0.415. The molecule has 0 fully saturated rings. The number of aliphatic imine (C=N–C) groups is 1. The van der Waals surface area contributed by atoms with Crippen molar-refractivity contribution in [3.63, 3.8) is 0 Å². The molecule has 0 atom stereocenters. The Morgan fingerprint density at radius 1 is 1.05 bits per heavy atom. The smallest absolute Gasteiger partial charge is 0.119 e. The monoisotopic (exact) mass is 278 g/mol. The second kappa shape index (κ2) is 5.44. The fraction of sp³-hybridized carbons (Fsp3) is 0.167. The maximum atomic E-state index is 5.17. The highest BCUT2D eigenvalue weighted by Crippen LogP contribution is 2.22. The molecule has 3 rings (SSSR count). The standard InChI is InChI=1S/C18H18N2O/c1-13(19-15-8-10-16(21-3)11-9-15)18-12-14-6-4-5-7-17(14)20(18)2/h4-12H,1-3H3/b19-13+. The van der Waals surface area contributed by atoms with Crippen LogP contribution in [0.4, 0.5) is 5.69 Å². The highest BCUT2D eigenvalue weighted by molar-refractivity contribution is 6.03. The molecule has 21 heavy (non-hydrogen) atoms. The van der Waals surface area contributed by atoms with Gasteiger partial charge >= 0.3 is 0 Å². The number of methoxy groups -OCH3 is 1. The highest BCUT2D eigenvalue weighted by Gasteiger charge is 2.07. The van der Waals surface area contributed by atoms with Crippen LogP contribution in [0.5, 0.6) is 5.75 Å². The van der Waals surface area contributed by atoms with Crippen LogP contribution in [0, 0.1) is 0 Å². The number of nitrogens with zero attached hydrogens (tertiary/aromatic N) is 2. The number of ether oxygens (including phenoxy) is 1. The number of rotatable bonds is 3. The van der Waals surface area contributed by atoms with Crippen LogP contribution in [0.2, 0.25) is 0 Å². The highest BCUT2D eigenvalue weighted by atomic mass is 16.5. The Kier molecular flexibility index (Phi) is 3.48. The Morgan fingerprint density at radius 2 is 1.76 bits per heavy atom. The average Bonchev–Trinajstić information content (AvgIpc) is 2.86. The third-order valence-corrected chi connectivity index (χ3v) is 3.69. The summed E-state index contributed by atoms with van der Waals surface area (Å²) in [6.07, 6.45) is 0. The van der Waals surface area contributed by atoms with Crippen molar-refractivity contribution >= 4 is 22.3 Å². The maximum Gasteiger partial charge on any atom is 0.119 e. The number of fused-ring (bicyclic) bond motifs is 1. The quantitative estimate of drug-likeness (QED) is 0.655. The summed E-state index contributed by atoms with van der Waals surface area (Å²) in [5.74, 6) is 0.844. The molecule has 0 radical (unpaired) electrons. The first-order chi connectivity index (χ1) is 10.2. The Morgan fingerprint density at radius 3 is 2.43 bits per heavy atom. The summed E-state index contributed by atoms with van der Waals surface area (Å²) in [5, 5.41) is 1.24. The lowest BCUT2D eigenvalue weighted by Crippen LogP contribution is -2.02. The fourth-order valence-corrected chi connectivity index (χ4v) is 2.54. The zero-order valence-corrected chi connectivity index (χ0v) is 12.5. The van der Waals surface area contributed by atoms with Gasteiger partial charge in [-0.3, -0.25) is 4.99 Å². The van der Waals surface area contributed by atoms with Crippen molar-refractivity contribution in [1.29, 1.82) is 0 Å². The molecule has 106 valence electrons. The molecular weight excluding hydrogens is 260 g/mol. The summed E-state index contributed by atoms with van der Waals surface area (Å²) in [4.78, 5) is 4.70. The van der Waals surface area contributed by atoms with Crippen LogP contribution in [0.3, 0.4) is 0 Å². The molecule has 3 heteroatoms. The van der Waals surface area contributed by atoms with Gasteiger partial charge in [-0.1, -0.05) is 18.2 Å². The van der Waals surface area contributed by atoms with Gasteiger partial charge in [0.1, 0.15) is 5.75 Å². The summed E-state index contributed by atoms with van der Waals surface area (Å²) in [7, 11) is 3.74. The Labute approximate surface area is 124 Å². The number of aromatic nitrogens is 1. The molecule has 1 heterocycles. The van der Waals surface area contributed by atoms with E-state index in [1.165, 1.54) is 10.9 Å². The molecule has 0 aliphatic rings. The molecule has 0 bridgehead atoms. The first-order valence-corrected chi connectivity index (χ1v) is 6.93. The molecule has 0 unspecified atom stereocenters. The van der Waals surface area contributed by atoms with Gasteiger partial charge in [0.05, 0.1) is 24.2 Å². The molecular formula is C18H18N2O. The molecule has 3 aromatic rings. The molecule has 0 aliphatic heterocycles. The maximum absolute atomic E-state index is 5.17. The van der Waals surface area contributed by atoms with Crippen molar-refractivity contribution in [2.75, 3.05) is 7.11 Å². The van der Waals surface area contributed by atoms with Crippen molar-refractivity contribution in [2.24, 2.45) is 12.0 Å². The van der Waals surface area contributed by atoms with Crippen molar-refractivity contribution in [1.82, 2.24) is 4.57 Å². The zero-order valence-electron chi connectivity index (χ0n) is 12.5. The van der Waals surface area contributed by atoms with Crippen LogP contribution < -0.4 is 4.74 Å². The first-order valence-electron chi connectivity index (χ1n) is 6.93. The van der Waals surface area contributed by atoms with Gasteiger partial charge in [0, 0.05) is 18.0 Å². The normalized spacial score (nSPS) is 11.9. The lowest BCUT2D eigenvalue weighted by Gasteiger charge is -2.05. The third-order valence-electron chi connectivity index (χ3n) is 3.69. The fourth-order valence-electron chi connectivity index (χ4n) is 2.54. The van der Waals surface area contributed by atoms with Gasteiger partial charge in [-0.15, -0.1) is 0 Å². The minimum atomic E-state index is 0.844. The second-order valence-corrected chi connectivity index (χ2v) is 5.04. The Hall–Kier alpha value is -2.55. The molecule has 0 saturated carbocycles. The molecule has 0 aliphatic carbocycles. The van der Waals surface area contributed by atoms with E-state index in [4.69, 9.17) is 9.73 Å². The molecule has 0 N–H and O–H groups in total. The second-order valence-electron chi connectivity index (χ2n) is 5.04. The van der Waals surface area contributed by atoms with Gasteiger partial charge < -0.3 is 9.30 Å². The number of hydrogen-bond donors (Lipinski definition) is 0. The van der Waals surface area contributed by atoms with Crippen LogP contribution in [-0.4, -0.2) is 17.4 Å². The average molecular weight is 278 g/mol. The molecule has 0 spiro atoms. The van der Waals surface area contributed by atoms with Gasteiger partial charge in [0.2, 0.25) is 0 Å². The number of benzene rings is 2. The molecule has 3 nitrogen and oxygen atoms in total. The molecule has 0 saturated heterocycles. The third kappa shape index (κ3) is 2.55. The van der Waals surface area contributed by atoms with E-state index >= 15 is 0 Å². The van der Waals surface area contributed by atoms with Crippen molar-refractivity contribution in [3.8, 4) is 5.75 Å². The minimum Gasteiger partial charge on any atom is -0.497 e. The Balaban J connectivity index is 2.00. The first kappa shape index (κ1) is 13.4. The van der Waals surface area contributed by atoms with E-state index < -0.39 is 0 Å². The van der Waals surface area contributed by atoms with Gasteiger partial charge in [-0.25, -0.2) is 0 Å². The van der Waals surface area contributed by atoms with Crippen LogP contribution in [0.25, 0.3) is 10.9 Å². The summed E-state index contributed by atoms with van der Waals surface area (Å²) in [6, 6.07) is 18.3. The van der Waals surface area contributed by atoms with Crippen LogP contribution >= 0.6 is 0 Å². The molecule has 0 amide bonds. The van der Waals surface area contributed by atoms with Gasteiger partial charge in [-0.05, 0) is 43.3 Å². The predicted molar refractivity (Wildman–Crippen MR) is 87.8 cm³/mol. The van der Waals surface area contributed by atoms with E-state index in [0.29, 0.717) is 0 Å². The minimum absolute atomic E-state index is 0.844. The summed E-state index contributed by atoms with van der Waals surface area (Å²) >= 11 is 0. The van der Waals surface area contributed by atoms with Gasteiger partial charge in [0.25, 0.3) is 0 Å². The summed E-state index contributed by atoms with van der Waals surface area (Å²) < 4.78 is 7.34. The van der Waals surface area contributed by atoms with E-state index in [1.54, 1.807) is 7.11 Å².